The maximum Gasteiger partial charge on any atom is 0.271 e. The van der Waals surface area contributed by atoms with E-state index in [1.807, 2.05) is 53.4 Å². The zero-order valence-electron chi connectivity index (χ0n) is 15.3. The van der Waals surface area contributed by atoms with Crippen LogP contribution >= 0.6 is 11.3 Å². The van der Waals surface area contributed by atoms with Crippen molar-refractivity contribution in [1.29, 1.82) is 0 Å². The number of fused-ring (bicyclic) bond motifs is 1. The van der Waals surface area contributed by atoms with Crippen LogP contribution in [0.2, 0.25) is 0 Å². The molecule has 28 heavy (non-hydrogen) atoms. The number of aromatic nitrogens is 3. The lowest BCUT2D eigenvalue weighted by Gasteiger charge is -2.31. The number of benzene rings is 2. The first-order valence-electron chi connectivity index (χ1n) is 9.53. The van der Waals surface area contributed by atoms with Gasteiger partial charge in [-0.05, 0) is 31.0 Å². The van der Waals surface area contributed by atoms with Gasteiger partial charge < -0.3 is 4.90 Å². The summed E-state index contributed by atoms with van der Waals surface area (Å²) < 4.78 is 1.21. The van der Waals surface area contributed by atoms with Gasteiger partial charge in [0.15, 0.2) is 0 Å². The molecule has 0 aliphatic carbocycles. The van der Waals surface area contributed by atoms with Crippen molar-refractivity contribution in [3.63, 3.8) is 0 Å². The zero-order chi connectivity index (χ0) is 18.9. The van der Waals surface area contributed by atoms with E-state index in [0.717, 1.165) is 41.2 Å². The number of nitrogens with one attached hydrogen (secondary N) is 1. The molecule has 1 N–H and O–H groups in total. The molecular formula is C22H20N4OS. The van der Waals surface area contributed by atoms with Crippen molar-refractivity contribution in [2.75, 3.05) is 13.1 Å². The summed E-state index contributed by atoms with van der Waals surface area (Å²) >= 11 is 1.75. The molecule has 6 heteroatoms. The number of hydrogen-bond donors (Lipinski definition) is 1. The zero-order valence-corrected chi connectivity index (χ0v) is 16.2. The van der Waals surface area contributed by atoms with Crippen LogP contribution in [0.25, 0.3) is 21.5 Å². The lowest BCUT2D eigenvalue weighted by atomic mass is 9.98. The Bertz CT molecular complexity index is 1080. The molecule has 1 saturated heterocycles. The van der Waals surface area contributed by atoms with E-state index in [-0.39, 0.29) is 5.91 Å². The number of hydrogen-bond acceptors (Lipinski definition) is 4. The standard InChI is InChI=1S/C22H20N4OS/c27-22(19-13-18(24-25-19)15-7-2-1-3-8-15)26-12-6-9-16(14-26)21-23-17-10-4-5-11-20(17)28-21/h1-5,7-8,10-11,13,16H,6,9,12,14H2,(H,24,25). The monoisotopic (exact) mass is 388 g/mol. The SMILES string of the molecule is O=C(c1cc(-c2ccccc2)n[nH]1)N1CCCC(c2nc3ccccc3s2)C1. The van der Waals surface area contributed by atoms with Crippen molar-refractivity contribution in [3.8, 4) is 11.3 Å². The Morgan fingerprint density at radius 3 is 2.79 bits per heavy atom. The van der Waals surface area contributed by atoms with Crippen LogP contribution in [0.5, 0.6) is 0 Å². The lowest BCUT2D eigenvalue weighted by Crippen LogP contribution is -2.39. The Morgan fingerprint density at radius 2 is 1.93 bits per heavy atom. The predicted molar refractivity (Wildman–Crippen MR) is 112 cm³/mol. The minimum atomic E-state index is 0.0143. The Kier molecular flexibility index (Phi) is 4.41. The first-order valence-corrected chi connectivity index (χ1v) is 10.3. The topological polar surface area (TPSA) is 61.9 Å². The van der Waals surface area contributed by atoms with Gasteiger partial charge in [0.25, 0.3) is 5.91 Å². The second-order valence-corrected chi connectivity index (χ2v) is 8.21. The summed E-state index contributed by atoms with van der Waals surface area (Å²) in [7, 11) is 0. The summed E-state index contributed by atoms with van der Waals surface area (Å²) in [4.78, 5) is 19.8. The molecule has 1 amide bonds. The largest absolute Gasteiger partial charge is 0.337 e. The first kappa shape index (κ1) is 17.1. The van der Waals surface area contributed by atoms with Crippen LogP contribution in [-0.4, -0.2) is 39.1 Å². The van der Waals surface area contributed by atoms with Crippen molar-refractivity contribution in [3.05, 3.63) is 71.4 Å². The number of likely N-dealkylation sites (tertiary alicyclic amines) is 1. The molecule has 0 bridgehead atoms. The summed E-state index contributed by atoms with van der Waals surface area (Å²) in [6.45, 7) is 1.48. The summed E-state index contributed by atoms with van der Waals surface area (Å²) in [5.74, 6) is 0.312. The summed E-state index contributed by atoms with van der Waals surface area (Å²) in [5.41, 5.74) is 3.39. The van der Waals surface area contributed by atoms with Gasteiger partial charge in [0.2, 0.25) is 0 Å². The molecule has 0 saturated carbocycles. The fourth-order valence-corrected chi connectivity index (χ4v) is 4.88. The third-order valence-corrected chi connectivity index (χ3v) is 6.44. The van der Waals surface area contributed by atoms with E-state index in [0.29, 0.717) is 18.2 Å². The highest BCUT2D eigenvalue weighted by Crippen LogP contribution is 2.33. The number of thiazole rings is 1. The average Bonchev–Trinajstić information content (AvgIpc) is 3.41. The van der Waals surface area contributed by atoms with E-state index < -0.39 is 0 Å². The molecule has 5 nitrogen and oxygen atoms in total. The van der Waals surface area contributed by atoms with Gasteiger partial charge in [0.05, 0.1) is 20.9 Å². The number of para-hydroxylation sites is 1. The van der Waals surface area contributed by atoms with Crippen LogP contribution in [0.4, 0.5) is 0 Å². The predicted octanol–water partition coefficient (Wildman–Crippen LogP) is 4.71. The highest BCUT2D eigenvalue weighted by atomic mass is 32.1. The van der Waals surface area contributed by atoms with Gasteiger partial charge in [-0.1, -0.05) is 42.5 Å². The second kappa shape index (κ2) is 7.20. The van der Waals surface area contributed by atoms with Crippen LogP contribution in [0.3, 0.4) is 0 Å². The molecule has 4 aromatic rings. The number of amides is 1. The maximum atomic E-state index is 13.0. The number of aromatic amines is 1. The molecule has 2 aromatic heterocycles. The molecule has 140 valence electrons. The van der Waals surface area contributed by atoms with E-state index in [1.54, 1.807) is 11.3 Å². The molecule has 1 atom stereocenters. The minimum absolute atomic E-state index is 0.0143. The van der Waals surface area contributed by atoms with Crippen molar-refractivity contribution in [1.82, 2.24) is 20.1 Å². The maximum absolute atomic E-state index is 13.0. The molecule has 0 radical (unpaired) electrons. The van der Waals surface area contributed by atoms with Crippen molar-refractivity contribution < 1.29 is 4.79 Å². The van der Waals surface area contributed by atoms with Gasteiger partial charge in [0, 0.05) is 24.6 Å². The summed E-state index contributed by atoms with van der Waals surface area (Å²) in [6, 6.07) is 20.0. The molecule has 1 fully saturated rings. The highest BCUT2D eigenvalue weighted by molar-refractivity contribution is 7.18. The fourth-order valence-electron chi connectivity index (χ4n) is 3.79. The van der Waals surface area contributed by atoms with E-state index in [1.165, 1.54) is 4.70 Å². The second-order valence-electron chi connectivity index (χ2n) is 7.14. The average molecular weight is 388 g/mol. The molecule has 1 unspecified atom stereocenters. The van der Waals surface area contributed by atoms with Gasteiger partial charge in [-0.2, -0.15) is 5.10 Å². The Hall–Kier alpha value is -2.99. The number of carbonyl (C=O) groups excluding carboxylic acids is 1. The van der Waals surface area contributed by atoms with E-state index in [2.05, 4.69) is 22.3 Å². The minimum Gasteiger partial charge on any atom is -0.337 e. The Morgan fingerprint density at radius 1 is 1.11 bits per heavy atom. The molecule has 1 aliphatic rings. The van der Waals surface area contributed by atoms with Crippen molar-refractivity contribution >= 4 is 27.5 Å². The Labute approximate surface area is 167 Å². The molecular weight excluding hydrogens is 368 g/mol. The van der Waals surface area contributed by atoms with E-state index >= 15 is 0 Å². The number of rotatable bonds is 3. The van der Waals surface area contributed by atoms with Gasteiger partial charge >= 0.3 is 0 Å². The number of H-pyrrole nitrogens is 1. The van der Waals surface area contributed by atoms with Crippen LogP contribution in [0.15, 0.2) is 60.7 Å². The van der Waals surface area contributed by atoms with Gasteiger partial charge in [-0.25, -0.2) is 4.98 Å². The fraction of sp³-hybridized carbons (Fsp3) is 0.227. The first-order chi connectivity index (χ1) is 13.8. The molecule has 5 rings (SSSR count). The summed E-state index contributed by atoms with van der Waals surface area (Å²) in [5, 5.41) is 8.38. The van der Waals surface area contributed by atoms with E-state index in [4.69, 9.17) is 4.98 Å². The molecule has 0 spiro atoms. The van der Waals surface area contributed by atoms with Crippen LogP contribution in [0.1, 0.15) is 34.3 Å². The molecule has 3 heterocycles. The molecule has 1 aliphatic heterocycles. The third kappa shape index (κ3) is 3.20. The number of nitrogens with zero attached hydrogens (tertiary/aromatic N) is 3. The third-order valence-electron chi connectivity index (χ3n) is 5.25. The quantitative estimate of drug-likeness (QED) is 0.553. The van der Waals surface area contributed by atoms with Crippen LogP contribution in [0, 0.1) is 0 Å². The number of piperidine rings is 1. The van der Waals surface area contributed by atoms with Crippen LogP contribution in [-0.2, 0) is 0 Å². The van der Waals surface area contributed by atoms with Crippen LogP contribution < -0.4 is 0 Å². The van der Waals surface area contributed by atoms with Crippen molar-refractivity contribution in [2.45, 2.75) is 18.8 Å². The van der Waals surface area contributed by atoms with Gasteiger partial charge in [-0.15, -0.1) is 11.3 Å². The van der Waals surface area contributed by atoms with Gasteiger partial charge in [0.1, 0.15) is 5.69 Å². The number of carbonyl (C=O) groups is 1. The van der Waals surface area contributed by atoms with E-state index in [9.17, 15) is 4.79 Å². The Balaban J connectivity index is 1.35. The molecule has 2 aromatic carbocycles. The smallest absolute Gasteiger partial charge is 0.271 e. The highest BCUT2D eigenvalue weighted by Gasteiger charge is 2.28. The van der Waals surface area contributed by atoms with Gasteiger partial charge in [-0.3, -0.25) is 9.89 Å². The lowest BCUT2D eigenvalue weighted by molar-refractivity contribution is 0.0701. The normalized spacial score (nSPS) is 17.1. The summed E-state index contributed by atoms with van der Waals surface area (Å²) in [6.07, 6.45) is 2.06. The van der Waals surface area contributed by atoms with Crippen molar-refractivity contribution in [2.24, 2.45) is 0 Å².